The van der Waals surface area contributed by atoms with E-state index < -0.39 is 0 Å². The van der Waals surface area contributed by atoms with Gasteiger partial charge in [0.2, 0.25) is 5.91 Å². The monoisotopic (exact) mass is 289 g/mol. The highest BCUT2D eigenvalue weighted by Gasteiger charge is 2.28. The largest absolute Gasteiger partial charge is 0.505 e. The lowest BCUT2D eigenvalue weighted by molar-refractivity contribution is -0.119. The number of nitrogens with one attached hydrogen (secondary N) is 1. The summed E-state index contributed by atoms with van der Waals surface area (Å²) in [5.74, 6) is -0.474. The van der Waals surface area contributed by atoms with E-state index in [-0.39, 0.29) is 33.7 Å². The smallest absolute Gasteiger partial charge is 0.229 e. The fourth-order valence-corrected chi connectivity index (χ4v) is 2.37. The topological polar surface area (TPSA) is 58.6 Å². The Kier molecular flexibility index (Phi) is 4.00. The van der Waals surface area contributed by atoms with Crippen LogP contribution in [0, 0.1) is 5.92 Å². The molecule has 1 fully saturated rings. The van der Waals surface area contributed by atoms with E-state index >= 15 is 0 Å². The number of benzene rings is 1. The average Bonchev–Trinajstić information content (AvgIpc) is 2.72. The van der Waals surface area contributed by atoms with Gasteiger partial charge in [-0.05, 0) is 25.5 Å². The van der Waals surface area contributed by atoms with Crippen LogP contribution < -0.4 is 5.32 Å². The van der Waals surface area contributed by atoms with E-state index in [9.17, 15) is 9.90 Å². The Bertz CT molecular complexity index is 455. The minimum absolute atomic E-state index is 0.104. The molecule has 0 radical (unpaired) electrons. The van der Waals surface area contributed by atoms with Crippen molar-refractivity contribution in [3.8, 4) is 5.75 Å². The number of carbonyl (C=O) groups is 1. The summed E-state index contributed by atoms with van der Waals surface area (Å²) in [4.78, 5) is 11.9. The molecule has 1 aromatic carbocycles. The van der Waals surface area contributed by atoms with Gasteiger partial charge in [-0.3, -0.25) is 4.79 Å². The number of hydrogen-bond acceptors (Lipinski definition) is 3. The van der Waals surface area contributed by atoms with Gasteiger partial charge in [0, 0.05) is 5.69 Å². The van der Waals surface area contributed by atoms with Gasteiger partial charge in [-0.2, -0.15) is 0 Å². The molecule has 98 valence electrons. The van der Waals surface area contributed by atoms with Crippen LogP contribution in [0.15, 0.2) is 12.1 Å². The van der Waals surface area contributed by atoms with Gasteiger partial charge in [-0.25, -0.2) is 0 Å². The van der Waals surface area contributed by atoms with Crippen molar-refractivity contribution in [3.63, 3.8) is 0 Å². The number of aromatic hydroxyl groups is 1. The van der Waals surface area contributed by atoms with Gasteiger partial charge in [0.1, 0.15) is 0 Å². The third-order valence-corrected chi connectivity index (χ3v) is 3.43. The van der Waals surface area contributed by atoms with Crippen LogP contribution in [0.2, 0.25) is 10.0 Å². The number of hydrogen-bond donors (Lipinski definition) is 2. The Balaban J connectivity index is 2.07. The van der Waals surface area contributed by atoms with Crippen LogP contribution in [0.25, 0.3) is 0 Å². The quantitative estimate of drug-likeness (QED) is 0.823. The summed E-state index contributed by atoms with van der Waals surface area (Å²) in [7, 11) is 0. The predicted molar refractivity (Wildman–Crippen MR) is 70.3 cm³/mol. The first kappa shape index (κ1) is 13.5. The zero-order chi connectivity index (χ0) is 13.3. The number of phenolic OH excluding ortho intramolecular Hbond substituents is 1. The van der Waals surface area contributed by atoms with Crippen molar-refractivity contribution < 1.29 is 14.6 Å². The summed E-state index contributed by atoms with van der Waals surface area (Å²) in [5, 5.41) is 12.3. The van der Waals surface area contributed by atoms with Gasteiger partial charge in [-0.15, -0.1) is 0 Å². The zero-order valence-corrected chi connectivity index (χ0v) is 11.3. The van der Waals surface area contributed by atoms with Gasteiger partial charge in [0.25, 0.3) is 0 Å². The van der Waals surface area contributed by atoms with Crippen LogP contribution in [-0.2, 0) is 9.53 Å². The number of ether oxygens (including phenoxy) is 1. The highest BCUT2D eigenvalue weighted by molar-refractivity contribution is 6.37. The Morgan fingerprint density at radius 3 is 2.56 bits per heavy atom. The summed E-state index contributed by atoms with van der Waals surface area (Å²) in [5.41, 5.74) is 0.465. The first-order valence-electron chi connectivity index (χ1n) is 5.58. The first-order chi connectivity index (χ1) is 8.47. The van der Waals surface area contributed by atoms with Crippen molar-refractivity contribution in [2.45, 2.75) is 19.4 Å². The number of anilines is 1. The molecule has 2 unspecified atom stereocenters. The second kappa shape index (κ2) is 5.34. The van der Waals surface area contributed by atoms with Crippen molar-refractivity contribution in [1.82, 2.24) is 0 Å². The molecule has 1 aliphatic heterocycles. The van der Waals surface area contributed by atoms with Gasteiger partial charge in [0.05, 0.1) is 28.7 Å². The summed E-state index contributed by atoms with van der Waals surface area (Å²) in [6.07, 6.45) is 0.804. The molecule has 1 heterocycles. The molecule has 1 aromatic rings. The molecule has 2 atom stereocenters. The zero-order valence-electron chi connectivity index (χ0n) is 9.74. The van der Waals surface area contributed by atoms with E-state index in [2.05, 4.69) is 5.32 Å². The maximum atomic E-state index is 11.9. The van der Waals surface area contributed by atoms with Crippen LogP contribution in [0.3, 0.4) is 0 Å². The highest BCUT2D eigenvalue weighted by Crippen LogP contribution is 2.35. The van der Waals surface area contributed by atoms with E-state index in [0.29, 0.717) is 18.7 Å². The number of halogens is 2. The molecular weight excluding hydrogens is 277 g/mol. The number of carbonyl (C=O) groups excluding carboxylic acids is 1. The van der Waals surface area contributed by atoms with E-state index in [1.165, 1.54) is 12.1 Å². The number of rotatable bonds is 2. The average molecular weight is 290 g/mol. The van der Waals surface area contributed by atoms with Gasteiger partial charge in [-0.1, -0.05) is 23.2 Å². The second-order valence-electron chi connectivity index (χ2n) is 4.35. The van der Waals surface area contributed by atoms with E-state index in [0.717, 1.165) is 0 Å². The van der Waals surface area contributed by atoms with Crippen molar-refractivity contribution >= 4 is 34.8 Å². The molecular formula is C12H13Cl2NO3. The lowest BCUT2D eigenvalue weighted by Gasteiger charge is -2.11. The highest BCUT2D eigenvalue weighted by atomic mass is 35.5. The Hall–Kier alpha value is -0.970. The van der Waals surface area contributed by atoms with Crippen LogP contribution in [0.1, 0.15) is 13.3 Å². The van der Waals surface area contributed by atoms with E-state index in [1.807, 2.05) is 6.92 Å². The molecule has 1 saturated heterocycles. The van der Waals surface area contributed by atoms with E-state index in [1.54, 1.807) is 0 Å². The summed E-state index contributed by atoms with van der Waals surface area (Å²) < 4.78 is 5.34. The van der Waals surface area contributed by atoms with Gasteiger partial charge < -0.3 is 15.2 Å². The van der Waals surface area contributed by atoms with Gasteiger partial charge in [0.15, 0.2) is 5.75 Å². The molecule has 0 spiro atoms. The lowest BCUT2D eigenvalue weighted by atomic mass is 10.1. The van der Waals surface area contributed by atoms with Crippen molar-refractivity contribution in [2.75, 3.05) is 11.9 Å². The van der Waals surface area contributed by atoms with Crippen molar-refractivity contribution in [2.24, 2.45) is 5.92 Å². The van der Waals surface area contributed by atoms with Crippen LogP contribution in [0.5, 0.6) is 5.75 Å². The molecule has 4 nitrogen and oxygen atoms in total. The van der Waals surface area contributed by atoms with Gasteiger partial charge >= 0.3 is 0 Å². The molecule has 0 aliphatic carbocycles. The van der Waals surface area contributed by atoms with Crippen molar-refractivity contribution in [1.29, 1.82) is 0 Å². The Morgan fingerprint density at radius 1 is 1.44 bits per heavy atom. The van der Waals surface area contributed by atoms with Crippen LogP contribution in [-0.4, -0.2) is 23.7 Å². The lowest BCUT2D eigenvalue weighted by Crippen LogP contribution is -2.23. The summed E-state index contributed by atoms with van der Waals surface area (Å²) >= 11 is 11.5. The fourth-order valence-electron chi connectivity index (χ4n) is 1.88. The van der Waals surface area contributed by atoms with Crippen LogP contribution in [0.4, 0.5) is 5.69 Å². The van der Waals surface area contributed by atoms with Crippen molar-refractivity contribution in [3.05, 3.63) is 22.2 Å². The molecule has 1 aliphatic rings. The molecule has 0 aromatic heterocycles. The van der Waals surface area contributed by atoms with E-state index in [4.69, 9.17) is 27.9 Å². The molecule has 1 amide bonds. The standard InChI is InChI=1S/C12H13Cl2NO3/c1-6-2-7(5-18-6)12(17)15-8-3-9(13)11(16)10(14)4-8/h3-4,6-7,16H,2,5H2,1H3,(H,15,17). The Morgan fingerprint density at radius 2 is 2.06 bits per heavy atom. The number of amides is 1. The van der Waals surface area contributed by atoms with Crippen LogP contribution >= 0.6 is 23.2 Å². The maximum absolute atomic E-state index is 11.9. The number of phenols is 1. The first-order valence-corrected chi connectivity index (χ1v) is 6.33. The third-order valence-electron chi connectivity index (χ3n) is 2.85. The predicted octanol–water partition coefficient (Wildman–Crippen LogP) is 3.06. The summed E-state index contributed by atoms with van der Waals surface area (Å²) in [6, 6.07) is 2.92. The third kappa shape index (κ3) is 2.88. The minimum atomic E-state index is -0.186. The fraction of sp³-hybridized carbons (Fsp3) is 0.417. The second-order valence-corrected chi connectivity index (χ2v) is 5.17. The molecule has 2 rings (SSSR count). The molecule has 18 heavy (non-hydrogen) atoms. The minimum Gasteiger partial charge on any atom is -0.505 e. The normalized spacial score (nSPS) is 23.1. The molecule has 0 bridgehead atoms. The summed E-state index contributed by atoms with van der Waals surface area (Å²) in [6.45, 7) is 2.36. The molecule has 6 heteroatoms. The SMILES string of the molecule is CC1CC(C(=O)Nc2cc(Cl)c(O)c(Cl)c2)CO1. The Labute approximate surface area is 115 Å². The molecule has 2 N–H and O–H groups in total. The maximum Gasteiger partial charge on any atom is 0.229 e. The molecule has 0 saturated carbocycles.